The Morgan fingerprint density at radius 1 is 0.434 bits per heavy atom. The van der Waals surface area contributed by atoms with Crippen LogP contribution in [-0.2, 0) is 47.9 Å². The number of fused-ring (bicyclic) bond motifs is 12. The summed E-state index contributed by atoms with van der Waals surface area (Å²) < 4.78 is 13.2. The van der Waals surface area contributed by atoms with Crippen molar-refractivity contribution in [2.45, 2.75) is 90.6 Å². The third-order valence-electron chi connectivity index (χ3n) is 11.7. The molecule has 0 unspecified atom stereocenters. The summed E-state index contributed by atoms with van der Waals surface area (Å²) in [4.78, 5) is 0. The van der Waals surface area contributed by atoms with E-state index in [0.717, 1.165) is 24.4 Å². The van der Waals surface area contributed by atoms with E-state index < -0.39 is 16.6 Å². The van der Waals surface area contributed by atoms with Gasteiger partial charge in [-0.3, -0.25) is 0 Å². The molecule has 0 aromatic heterocycles. The molecule has 2 aliphatic rings. The van der Waals surface area contributed by atoms with Crippen LogP contribution in [0.3, 0.4) is 0 Å². The van der Waals surface area contributed by atoms with Crippen molar-refractivity contribution in [3.05, 3.63) is 143 Å². The van der Waals surface area contributed by atoms with Crippen molar-refractivity contribution in [1.29, 1.82) is 0 Å². The molecular weight excluding hydrogens is 803 g/mol. The van der Waals surface area contributed by atoms with E-state index in [-0.39, 0.29) is 61.1 Å². The molecule has 53 heavy (non-hydrogen) atoms. The molecule has 6 aromatic carbocycles. The topological polar surface area (TPSA) is 18.5 Å². The van der Waals surface area contributed by atoms with Gasteiger partial charge in [0.2, 0.25) is 16.6 Å². The quantitative estimate of drug-likeness (QED) is 0.106. The van der Waals surface area contributed by atoms with Crippen LogP contribution in [0, 0.1) is 12.2 Å². The Labute approximate surface area is 350 Å². The van der Waals surface area contributed by atoms with Gasteiger partial charge in [0.25, 0.3) is 0 Å². The smallest absolute Gasteiger partial charge is 1.00 e. The van der Waals surface area contributed by atoms with Crippen LogP contribution in [0.4, 0.5) is 0 Å². The van der Waals surface area contributed by atoms with Gasteiger partial charge in [0, 0.05) is 11.5 Å². The zero-order valence-corrected chi connectivity index (χ0v) is 38.7. The fourth-order valence-corrected chi connectivity index (χ4v) is 8.91. The summed E-state index contributed by atoms with van der Waals surface area (Å²) in [7, 11) is -3.69. The summed E-state index contributed by atoms with van der Waals surface area (Å²) in [6.45, 7) is 22.9. The molecule has 0 heterocycles. The first-order valence-electron chi connectivity index (χ1n) is 18.0. The van der Waals surface area contributed by atoms with Crippen LogP contribution in [0.15, 0.2) is 109 Å². The summed E-state index contributed by atoms with van der Waals surface area (Å²) in [6, 6.07) is 34.8. The van der Waals surface area contributed by atoms with E-state index in [9.17, 15) is 0 Å². The van der Waals surface area contributed by atoms with E-state index in [1.54, 1.807) is 0 Å². The van der Waals surface area contributed by atoms with Gasteiger partial charge in [0.1, 0.15) is 0 Å². The number of halogens is 2. The molecule has 0 bridgehead atoms. The van der Waals surface area contributed by atoms with E-state index >= 15 is 0 Å². The van der Waals surface area contributed by atoms with Crippen molar-refractivity contribution < 1.29 is 59.9 Å². The molecule has 0 saturated heterocycles. The molecule has 0 atom stereocenters. The van der Waals surface area contributed by atoms with Crippen LogP contribution in [0.1, 0.15) is 63.8 Å². The Balaban J connectivity index is 0.000000224. The predicted octanol–water partition coefficient (Wildman–Crippen LogP) is 7.22. The molecule has 6 aromatic rings. The molecule has 0 aliphatic heterocycles. The van der Waals surface area contributed by atoms with Gasteiger partial charge in [0.05, 0.1) is 0 Å². The monoisotopic (exact) mass is 850 g/mol. The van der Waals surface area contributed by atoms with Gasteiger partial charge in [-0.2, -0.15) is 11.1 Å². The minimum Gasteiger partial charge on any atom is -1.00 e. The average molecular weight is 853 g/mol. The van der Waals surface area contributed by atoms with Gasteiger partial charge < -0.3 is 33.7 Å². The predicted molar refractivity (Wildman–Crippen MR) is 219 cm³/mol. The number of allylic oxidation sites excluding steroid dienone is 2. The van der Waals surface area contributed by atoms with Gasteiger partial charge in [-0.15, -0.1) is 46.2 Å². The normalized spacial score (nSPS) is 13.8. The first kappa shape index (κ1) is 43.1. The van der Waals surface area contributed by atoms with Gasteiger partial charge in [-0.1, -0.05) is 148 Å². The van der Waals surface area contributed by atoms with Crippen molar-refractivity contribution in [2.24, 2.45) is 0 Å². The number of hydrogen-bond acceptors (Lipinski definition) is 2. The average Bonchev–Trinajstić information content (AvgIpc) is 3.68. The maximum absolute atomic E-state index is 6.59. The molecule has 0 amide bonds. The minimum atomic E-state index is -1.84. The molecular formula is C46H50Cl2O2Si2Zr. The van der Waals surface area contributed by atoms with E-state index in [1.165, 1.54) is 65.3 Å². The van der Waals surface area contributed by atoms with Crippen molar-refractivity contribution in [3.8, 4) is 0 Å². The SMILES string of the molecule is CC(C)(C)[Si](C)(C)OC1=[C-]c2c(c3ccccc3c3ccccc23)C1.CC(C)(C)[Si](C)(C)OC1=[C-]c2c(c3ccccc3c3ccccc23)C1.[Cl-].[Cl-].[Zr+4]. The maximum atomic E-state index is 6.59. The van der Waals surface area contributed by atoms with Gasteiger partial charge >= 0.3 is 26.2 Å². The van der Waals surface area contributed by atoms with Gasteiger partial charge in [0.15, 0.2) is 0 Å². The molecule has 272 valence electrons. The minimum absolute atomic E-state index is 0. The summed E-state index contributed by atoms with van der Waals surface area (Å²) in [6.07, 6.45) is 8.96. The Bertz CT molecular complexity index is 2200. The number of rotatable bonds is 4. The third kappa shape index (κ3) is 8.03. The first-order chi connectivity index (χ1) is 23.6. The second-order valence-electron chi connectivity index (χ2n) is 17.1. The van der Waals surface area contributed by atoms with Crippen LogP contribution in [0.25, 0.3) is 43.1 Å². The molecule has 0 spiro atoms. The van der Waals surface area contributed by atoms with E-state index in [4.69, 9.17) is 8.85 Å². The maximum Gasteiger partial charge on any atom is 4.00 e. The molecule has 8 rings (SSSR count). The van der Waals surface area contributed by atoms with Crippen LogP contribution in [0.2, 0.25) is 36.3 Å². The van der Waals surface area contributed by atoms with E-state index in [1.807, 2.05) is 0 Å². The van der Waals surface area contributed by atoms with Crippen LogP contribution in [-0.4, -0.2) is 16.6 Å². The molecule has 2 nitrogen and oxygen atoms in total. The Hall–Kier alpha value is -2.66. The third-order valence-corrected chi connectivity index (χ3v) is 20.4. The molecule has 0 N–H and O–H groups in total. The van der Waals surface area contributed by atoms with Gasteiger partial charge in [-0.05, 0) is 59.9 Å². The fraction of sp³-hybridized carbons (Fsp3) is 0.304. The Morgan fingerprint density at radius 3 is 0.962 bits per heavy atom. The van der Waals surface area contributed by atoms with Crippen molar-refractivity contribution >= 4 is 59.7 Å². The van der Waals surface area contributed by atoms with Crippen LogP contribution >= 0.6 is 0 Å². The fourth-order valence-electron chi connectivity index (χ4n) is 6.82. The number of hydrogen-bond donors (Lipinski definition) is 0. The molecule has 2 aliphatic carbocycles. The molecule has 0 fully saturated rings. The van der Waals surface area contributed by atoms with Crippen molar-refractivity contribution in [3.63, 3.8) is 0 Å². The standard InChI is InChI=1S/2C23H25OSi.2ClH.Zr/c2*1-23(2,3)25(4,5)24-16-14-21-19-12-8-6-10-17(19)18-11-7-9-13-20(18)22(21)15-16;;;/h2*6-13H,14H2,1-5H3;2*1H;/q2*-1;;;+4/p-2. The largest absolute Gasteiger partial charge is 4.00 e. The Kier molecular flexibility index (Phi) is 12.9. The number of benzene rings is 6. The van der Waals surface area contributed by atoms with Crippen LogP contribution < -0.4 is 24.8 Å². The molecule has 0 saturated carbocycles. The molecule has 7 heteroatoms. The summed E-state index contributed by atoms with van der Waals surface area (Å²) >= 11 is 0. The second-order valence-corrected chi connectivity index (χ2v) is 26.5. The summed E-state index contributed by atoms with van der Waals surface area (Å²) in [5, 5.41) is 10.9. The van der Waals surface area contributed by atoms with Crippen molar-refractivity contribution in [2.75, 3.05) is 0 Å². The van der Waals surface area contributed by atoms with Gasteiger partial charge in [-0.25, -0.2) is 0 Å². The van der Waals surface area contributed by atoms with Crippen LogP contribution in [0.5, 0.6) is 0 Å². The summed E-state index contributed by atoms with van der Waals surface area (Å²) in [5.74, 6) is 2.03. The van der Waals surface area contributed by atoms with E-state index in [2.05, 4.69) is 177 Å². The zero-order valence-electron chi connectivity index (χ0n) is 32.7. The summed E-state index contributed by atoms with van der Waals surface area (Å²) in [5.41, 5.74) is 5.18. The second kappa shape index (κ2) is 15.8. The molecule has 0 radical (unpaired) electrons. The van der Waals surface area contributed by atoms with E-state index in [0.29, 0.717) is 0 Å². The van der Waals surface area contributed by atoms with Crippen molar-refractivity contribution in [1.82, 2.24) is 0 Å². The zero-order chi connectivity index (χ0) is 35.6. The Morgan fingerprint density at radius 2 is 0.679 bits per heavy atom. The first-order valence-corrected chi connectivity index (χ1v) is 23.9.